The van der Waals surface area contributed by atoms with Gasteiger partial charge in [0.2, 0.25) is 0 Å². The molecule has 298 valence electrons. The van der Waals surface area contributed by atoms with E-state index in [9.17, 15) is 30.0 Å². The smallest absolute Gasteiger partial charge is 0.309 e. The zero-order valence-corrected chi connectivity index (χ0v) is 33.4. The maximum Gasteiger partial charge on any atom is 0.309 e. The molecule has 53 heavy (non-hydrogen) atoms. The van der Waals surface area contributed by atoms with Crippen LogP contribution >= 0.6 is 11.6 Å². The van der Waals surface area contributed by atoms with Crippen LogP contribution in [0.25, 0.3) is 0 Å². The molecular formula is C41H62ClNO10. The van der Waals surface area contributed by atoms with E-state index in [2.05, 4.69) is 18.7 Å². The lowest BCUT2D eigenvalue weighted by Crippen LogP contribution is -2.54. The number of aliphatic hydroxyl groups excluding tert-OH is 2. The van der Waals surface area contributed by atoms with Gasteiger partial charge >= 0.3 is 11.9 Å². The summed E-state index contributed by atoms with van der Waals surface area (Å²) >= 11 is 6.18. The highest BCUT2D eigenvalue weighted by atomic mass is 35.5. The lowest BCUT2D eigenvalue weighted by atomic mass is 9.85. The van der Waals surface area contributed by atoms with Crippen molar-refractivity contribution in [3.05, 3.63) is 70.8 Å². The fraction of sp³-hybridized carbons (Fsp3) is 0.659. The van der Waals surface area contributed by atoms with Crippen LogP contribution in [0.4, 0.5) is 0 Å². The molecule has 0 amide bonds. The molecule has 4 N–H and O–H groups in total. The van der Waals surface area contributed by atoms with E-state index in [1.165, 1.54) is 13.8 Å². The standard InChI is InChI=1S/C41H62ClNO10/c1-9-33(50-8)28(4)37-38(53-37)39(43(22-11-23-44)25-30-14-16-31(42)17-15-30)41(7,49)20-10-12-26(2)36-27(3)13-18-34(51-29(5)45)40(6,48)21-19-32(46)24-35(47)52-36/h10,12-18,20,27-28,32-34,36-39,44,46,48-49H,9,11,19,21-25H2,1-8H3/b18-13+,20-10+,26-12+/t27-,28+,32+,33-,34-,36+,37+,38-,39?,40+,41?/m0/s1. The number of nitrogens with zero attached hydrogens (tertiary/aromatic N) is 1. The molecule has 0 aliphatic carbocycles. The lowest BCUT2D eigenvalue weighted by Gasteiger charge is -2.39. The first kappa shape index (κ1) is 44.8. The number of rotatable bonds is 16. The molecule has 0 bridgehead atoms. The SMILES string of the molecule is CC[C@H](OC)[C@@H](C)[C@H]1O[C@@H]1C(N(CCCO)Cc1ccc(Cl)cc1)C(C)(O)/C=C/C=C(\C)[C@H]1OC(=O)C[C@H](O)CC[C@@](C)(O)[C@@H](OC(C)=O)/C=C/[C@@H]1C. The fourth-order valence-corrected chi connectivity index (χ4v) is 7.45. The van der Waals surface area contributed by atoms with Crippen LogP contribution in [0.1, 0.15) is 86.1 Å². The number of allylic oxidation sites excluding steroid dienone is 2. The second-order valence-electron chi connectivity index (χ2n) is 15.2. The third-order valence-electron chi connectivity index (χ3n) is 10.4. The zero-order valence-electron chi connectivity index (χ0n) is 32.6. The van der Waals surface area contributed by atoms with Crippen molar-refractivity contribution in [2.45, 2.75) is 141 Å². The number of benzene rings is 1. The van der Waals surface area contributed by atoms with Gasteiger partial charge in [-0.1, -0.05) is 68.8 Å². The van der Waals surface area contributed by atoms with Crippen LogP contribution in [-0.2, 0) is 35.1 Å². The van der Waals surface area contributed by atoms with Crippen molar-refractivity contribution in [3.63, 3.8) is 0 Å². The van der Waals surface area contributed by atoms with Crippen molar-refractivity contribution < 1.29 is 49.0 Å². The molecule has 2 aliphatic rings. The van der Waals surface area contributed by atoms with Gasteiger partial charge in [0.1, 0.15) is 23.9 Å². The summed E-state index contributed by atoms with van der Waals surface area (Å²) in [4.78, 5) is 27.0. The van der Waals surface area contributed by atoms with Crippen LogP contribution in [0.15, 0.2) is 60.2 Å². The van der Waals surface area contributed by atoms with Crippen molar-refractivity contribution in [2.24, 2.45) is 11.8 Å². The Balaban J connectivity index is 1.98. The van der Waals surface area contributed by atoms with E-state index < -0.39 is 53.4 Å². The second kappa shape index (κ2) is 20.3. The Morgan fingerprint density at radius 3 is 2.49 bits per heavy atom. The van der Waals surface area contributed by atoms with Crippen molar-refractivity contribution in [1.82, 2.24) is 4.90 Å². The van der Waals surface area contributed by atoms with E-state index in [1.807, 2.05) is 38.1 Å². The average molecular weight is 764 g/mol. The fourth-order valence-electron chi connectivity index (χ4n) is 7.32. The Hall–Kier alpha value is -2.61. The molecule has 2 heterocycles. The summed E-state index contributed by atoms with van der Waals surface area (Å²) in [5, 5.41) is 44.4. The van der Waals surface area contributed by atoms with Crippen molar-refractivity contribution in [1.29, 1.82) is 0 Å². The van der Waals surface area contributed by atoms with Gasteiger partial charge in [0.05, 0.1) is 36.4 Å². The van der Waals surface area contributed by atoms with Crippen molar-refractivity contribution in [2.75, 3.05) is 20.3 Å². The number of hydrogen-bond donors (Lipinski definition) is 4. The molecule has 0 radical (unpaired) electrons. The Bertz CT molecular complexity index is 1410. The number of ether oxygens (including phenoxy) is 4. The van der Waals surface area contributed by atoms with Crippen LogP contribution in [-0.4, -0.2) is 111 Å². The molecule has 1 aromatic carbocycles. The van der Waals surface area contributed by atoms with Gasteiger partial charge in [-0.3, -0.25) is 14.5 Å². The minimum atomic E-state index is -1.47. The van der Waals surface area contributed by atoms with Crippen LogP contribution in [0.5, 0.6) is 0 Å². The molecule has 2 aliphatic heterocycles. The average Bonchev–Trinajstić information content (AvgIpc) is 3.87. The molecule has 1 fully saturated rings. The Morgan fingerprint density at radius 1 is 1.21 bits per heavy atom. The normalized spacial score (nSPS) is 30.8. The van der Waals surface area contributed by atoms with Gasteiger partial charge in [0, 0.05) is 50.6 Å². The van der Waals surface area contributed by atoms with Gasteiger partial charge in [-0.2, -0.15) is 0 Å². The molecule has 0 saturated carbocycles. The minimum absolute atomic E-state index is 0.0138. The number of halogens is 1. The summed E-state index contributed by atoms with van der Waals surface area (Å²) in [6, 6.07) is 7.04. The van der Waals surface area contributed by atoms with E-state index in [1.54, 1.807) is 44.4 Å². The highest BCUT2D eigenvalue weighted by Gasteiger charge is 2.56. The van der Waals surface area contributed by atoms with Crippen molar-refractivity contribution >= 4 is 23.5 Å². The third-order valence-corrected chi connectivity index (χ3v) is 10.7. The molecule has 1 saturated heterocycles. The predicted molar refractivity (Wildman–Crippen MR) is 204 cm³/mol. The highest BCUT2D eigenvalue weighted by molar-refractivity contribution is 6.30. The number of methoxy groups -OCH3 is 1. The summed E-state index contributed by atoms with van der Waals surface area (Å²) in [7, 11) is 1.70. The molecule has 0 aromatic heterocycles. The maximum atomic E-state index is 13.0. The lowest BCUT2D eigenvalue weighted by molar-refractivity contribution is -0.157. The number of epoxide rings is 1. The van der Waals surface area contributed by atoms with Gasteiger partial charge in [-0.15, -0.1) is 0 Å². The van der Waals surface area contributed by atoms with E-state index in [4.69, 9.17) is 30.5 Å². The topological polar surface area (TPSA) is 159 Å². The summed E-state index contributed by atoms with van der Waals surface area (Å²) in [5.74, 6) is -1.48. The molecule has 2 unspecified atom stereocenters. The number of esters is 2. The second-order valence-corrected chi connectivity index (χ2v) is 15.6. The summed E-state index contributed by atoms with van der Waals surface area (Å²) in [6.45, 7) is 13.3. The third kappa shape index (κ3) is 13.3. The first-order valence-electron chi connectivity index (χ1n) is 18.7. The summed E-state index contributed by atoms with van der Waals surface area (Å²) in [6.07, 6.45) is 6.53. The maximum absolute atomic E-state index is 13.0. The summed E-state index contributed by atoms with van der Waals surface area (Å²) in [5.41, 5.74) is -1.23. The monoisotopic (exact) mass is 763 g/mol. The Kier molecular flexibility index (Phi) is 17.2. The van der Waals surface area contributed by atoms with Gasteiger partial charge in [0.15, 0.2) is 0 Å². The number of carbonyl (C=O) groups is 2. The number of cyclic esters (lactones) is 1. The van der Waals surface area contributed by atoms with Gasteiger partial charge in [0.25, 0.3) is 0 Å². The number of aliphatic hydroxyl groups is 4. The number of hydrogen-bond acceptors (Lipinski definition) is 11. The molecule has 11 atom stereocenters. The Labute approximate surface area is 320 Å². The van der Waals surface area contributed by atoms with Gasteiger partial charge in [-0.05, 0) is 75.8 Å². The highest BCUT2D eigenvalue weighted by Crippen LogP contribution is 2.41. The van der Waals surface area contributed by atoms with Crippen LogP contribution in [0.2, 0.25) is 5.02 Å². The minimum Gasteiger partial charge on any atom is -0.457 e. The number of carbonyl (C=O) groups excluding carboxylic acids is 2. The van der Waals surface area contributed by atoms with Crippen LogP contribution < -0.4 is 0 Å². The van der Waals surface area contributed by atoms with Gasteiger partial charge < -0.3 is 39.4 Å². The van der Waals surface area contributed by atoms with E-state index >= 15 is 0 Å². The first-order chi connectivity index (χ1) is 24.9. The quantitative estimate of drug-likeness (QED) is 0.0749. The molecule has 3 rings (SSSR count). The molecule has 0 spiro atoms. The molecule has 1 aromatic rings. The largest absolute Gasteiger partial charge is 0.457 e. The van der Waals surface area contributed by atoms with Crippen LogP contribution in [0, 0.1) is 11.8 Å². The van der Waals surface area contributed by atoms with E-state index in [-0.39, 0.29) is 50.1 Å². The summed E-state index contributed by atoms with van der Waals surface area (Å²) < 4.78 is 23.4. The first-order valence-corrected chi connectivity index (χ1v) is 19.1. The van der Waals surface area contributed by atoms with Gasteiger partial charge in [-0.25, -0.2) is 0 Å². The molecular weight excluding hydrogens is 702 g/mol. The van der Waals surface area contributed by atoms with Crippen LogP contribution in [0.3, 0.4) is 0 Å². The molecule has 11 nitrogen and oxygen atoms in total. The van der Waals surface area contributed by atoms with E-state index in [0.29, 0.717) is 30.1 Å². The van der Waals surface area contributed by atoms with E-state index in [0.717, 1.165) is 12.0 Å². The zero-order chi connectivity index (χ0) is 39.5. The van der Waals surface area contributed by atoms with Crippen molar-refractivity contribution in [3.8, 4) is 0 Å². The predicted octanol–water partition coefficient (Wildman–Crippen LogP) is 5.31. The Morgan fingerprint density at radius 2 is 1.89 bits per heavy atom. The molecule has 12 heteroatoms.